The summed E-state index contributed by atoms with van der Waals surface area (Å²) in [4.78, 5) is 14.5. The van der Waals surface area contributed by atoms with Crippen molar-refractivity contribution in [3.05, 3.63) is 64.1 Å². The highest BCUT2D eigenvalue weighted by atomic mass is 19.4. The van der Waals surface area contributed by atoms with Gasteiger partial charge in [0, 0.05) is 6.07 Å². The zero-order chi connectivity index (χ0) is 15.9. The summed E-state index contributed by atoms with van der Waals surface area (Å²) in [6.45, 7) is -0.209. The molecule has 0 amide bonds. The van der Waals surface area contributed by atoms with E-state index in [1.807, 2.05) is 0 Å². The second kappa shape index (κ2) is 4.94. The van der Waals surface area contributed by atoms with E-state index in [9.17, 15) is 23.1 Å². The number of phenols is 1. The van der Waals surface area contributed by atoms with Gasteiger partial charge in [0.2, 0.25) is 0 Å². The summed E-state index contributed by atoms with van der Waals surface area (Å²) < 4.78 is 40.3. The van der Waals surface area contributed by atoms with E-state index in [2.05, 4.69) is 4.98 Å². The van der Waals surface area contributed by atoms with Crippen LogP contribution in [0.1, 0.15) is 11.1 Å². The Kier molecular flexibility index (Phi) is 3.20. The third-order valence-electron chi connectivity index (χ3n) is 3.41. The Labute approximate surface area is 122 Å². The molecule has 0 aliphatic heterocycles. The van der Waals surface area contributed by atoms with E-state index in [1.54, 1.807) is 0 Å². The van der Waals surface area contributed by atoms with E-state index in [1.165, 1.54) is 41.0 Å². The van der Waals surface area contributed by atoms with Crippen molar-refractivity contribution in [3.63, 3.8) is 0 Å². The topological polar surface area (TPSA) is 58.0 Å². The third kappa shape index (κ3) is 2.45. The number of alkyl halides is 3. The summed E-state index contributed by atoms with van der Waals surface area (Å²) in [5, 5.41) is 9.39. The Morgan fingerprint density at radius 3 is 2.59 bits per heavy atom. The standard InChI is InChI=1S/C15H11F3N2O2/c16-15(17,18)11-4-2-1-3-9(11)8-20-13-6-5-10(21)7-12(13)19-14(20)22/h1-7,21H,8H2,(H,19,22). The molecule has 0 radical (unpaired) electrons. The highest BCUT2D eigenvalue weighted by Gasteiger charge is 2.33. The van der Waals surface area contributed by atoms with Gasteiger partial charge < -0.3 is 10.1 Å². The summed E-state index contributed by atoms with van der Waals surface area (Å²) in [6, 6.07) is 9.34. The molecule has 0 spiro atoms. The van der Waals surface area contributed by atoms with Crippen LogP contribution in [-0.4, -0.2) is 14.7 Å². The molecular weight excluding hydrogens is 297 g/mol. The van der Waals surface area contributed by atoms with Gasteiger partial charge in [-0.1, -0.05) is 18.2 Å². The van der Waals surface area contributed by atoms with Gasteiger partial charge in [-0.15, -0.1) is 0 Å². The largest absolute Gasteiger partial charge is 0.508 e. The van der Waals surface area contributed by atoms with Crippen molar-refractivity contribution < 1.29 is 18.3 Å². The first kappa shape index (κ1) is 14.2. The first-order chi connectivity index (χ1) is 10.4. The van der Waals surface area contributed by atoms with Crippen LogP contribution in [0.25, 0.3) is 11.0 Å². The van der Waals surface area contributed by atoms with Crippen LogP contribution < -0.4 is 5.69 Å². The molecule has 2 aromatic carbocycles. The number of aromatic amines is 1. The summed E-state index contributed by atoms with van der Waals surface area (Å²) in [5.74, 6) is -0.0309. The molecule has 7 heteroatoms. The Hall–Kier alpha value is -2.70. The molecule has 0 atom stereocenters. The quantitative estimate of drug-likeness (QED) is 0.764. The highest BCUT2D eigenvalue weighted by molar-refractivity contribution is 5.77. The van der Waals surface area contributed by atoms with Gasteiger partial charge in [0.25, 0.3) is 0 Å². The van der Waals surface area contributed by atoms with Gasteiger partial charge >= 0.3 is 11.9 Å². The molecule has 1 heterocycles. The van der Waals surface area contributed by atoms with Crippen molar-refractivity contribution in [1.82, 2.24) is 9.55 Å². The van der Waals surface area contributed by atoms with Gasteiger partial charge in [-0.2, -0.15) is 13.2 Å². The zero-order valence-corrected chi connectivity index (χ0v) is 11.2. The predicted octanol–water partition coefficient (Wildman–Crippen LogP) is 3.10. The maximum absolute atomic E-state index is 13.0. The van der Waals surface area contributed by atoms with Crippen molar-refractivity contribution in [3.8, 4) is 5.75 Å². The van der Waals surface area contributed by atoms with Crippen LogP contribution in [0.4, 0.5) is 13.2 Å². The van der Waals surface area contributed by atoms with Crippen molar-refractivity contribution in [2.24, 2.45) is 0 Å². The second-order valence-corrected chi connectivity index (χ2v) is 4.87. The van der Waals surface area contributed by atoms with Crippen LogP contribution in [0.15, 0.2) is 47.3 Å². The number of aromatic hydroxyl groups is 1. The minimum atomic E-state index is -4.48. The number of phenolic OH excluding ortho intramolecular Hbond substituents is 1. The number of imidazole rings is 1. The van der Waals surface area contributed by atoms with Crippen LogP contribution in [0, 0.1) is 0 Å². The summed E-state index contributed by atoms with van der Waals surface area (Å²) in [7, 11) is 0. The van der Waals surface area contributed by atoms with Crippen molar-refractivity contribution >= 4 is 11.0 Å². The fraction of sp³-hybridized carbons (Fsp3) is 0.133. The number of H-pyrrole nitrogens is 1. The van der Waals surface area contributed by atoms with E-state index >= 15 is 0 Å². The number of rotatable bonds is 2. The van der Waals surface area contributed by atoms with Crippen LogP contribution >= 0.6 is 0 Å². The van der Waals surface area contributed by atoms with Gasteiger partial charge in [-0.25, -0.2) is 4.79 Å². The number of fused-ring (bicyclic) bond motifs is 1. The van der Waals surface area contributed by atoms with Gasteiger partial charge in [0.15, 0.2) is 0 Å². The normalized spacial score (nSPS) is 12.0. The fourth-order valence-corrected chi connectivity index (χ4v) is 2.41. The number of nitrogens with zero attached hydrogens (tertiary/aromatic N) is 1. The summed E-state index contributed by atoms with van der Waals surface area (Å²) in [6.07, 6.45) is -4.48. The number of nitrogens with one attached hydrogen (secondary N) is 1. The van der Waals surface area contributed by atoms with Crippen molar-refractivity contribution in [2.45, 2.75) is 12.7 Å². The molecule has 1 aromatic heterocycles. The van der Waals surface area contributed by atoms with Crippen molar-refractivity contribution in [1.29, 1.82) is 0 Å². The average molecular weight is 308 g/mol. The molecule has 114 valence electrons. The van der Waals surface area contributed by atoms with Crippen molar-refractivity contribution in [2.75, 3.05) is 0 Å². The molecule has 4 nitrogen and oxygen atoms in total. The highest BCUT2D eigenvalue weighted by Crippen LogP contribution is 2.32. The van der Waals surface area contributed by atoms with E-state index in [0.717, 1.165) is 6.07 Å². The molecule has 0 aliphatic carbocycles. The van der Waals surface area contributed by atoms with Gasteiger partial charge in [-0.3, -0.25) is 4.57 Å². The van der Waals surface area contributed by atoms with Gasteiger partial charge in [-0.05, 0) is 23.8 Å². The maximum Gasteiger partial charge on any atom is 0.416 e. The van der Waals surface area contributed by atoms with E-state index < -0.39 is 17.4 Å². The minimum absolute atomic E-state index is 0.00563. The molecule has 0 saturated carbocycles. The molecule has 22 heavy (non-hydrogen) atoms. The van der Waals surface area contributed by atoms with Crippen LogP contribution in [0.3, 0.4) is 0 Å². The molecule has 0 aliphatic rings. The molecule has 0 unspecified atom stereocenters. The number of hydrogen-bond donors (Lipinski definition) is 2. The lowest BCUT2D eigenvalue weighted by Gasteiger charge is -2.13. The Bertz CT molecular complexity index is 894. The fourth-order valence-electron chi connectivity index (χ4n) is 2.41. The predicted molar refractivity (Wildman–Crippen MR) is 74.8 cm³/mol. The van der Waals surface area contributed by atoms with E-state index in [0.29, 0.717) is 11.0 Å². The molecular formula is C15H11F3N2O2. The monoisotopic (exact) mass is 308 g/mol. The Balaban J connectivity index is 2.12. The summed E-state index contributed by atoms with van der Waals surface area (Å²) in [5.41, 5.74) is -0.493. The molecule has 0 saturated heterocycles. The number of halogens is 3. The SMILES string of the molecule is O=c1[nH]c2cc(O)ccc2n1Cc1ccccc1C(F)(F)F. The smallest absolute Gasteiger partial charge is 0.416 e. The summed E-state index contributed by atoms with van der Waals surface area (Å²) >= 11 is 0. The third-order valence-corrected chi connectivity index (χ3v) is 3.41. The van der Waals surface area contributed by atoms with E-state index in [4.69, 9.17) is 0 Å². The lowest BCUT2D eigenvalue weighted by Crippen LogP contribution is -2.19. The molecule has 0 fully saturated rings. The first-order valence-electron chi connectivity index (χ1n) is 6.43. The van der Waals surface area contributed by atoms with Crippen LogP contribution in [-0.2, 0) is 12.7 Å². The average Bonchev–Trinajstić information content (AvgIpc) is 2.74. The van der Waals surface area contributed by atoms with E-state index in [-0.39, 0.29) is 17.9 Å². The number of hydrogen-bond acceptors (Lipinski definition) is 2. The zero-order valence-electron chi connectivity index (χ0n) is 11.2. The minimum Gasteiger partial charge on any atom is -0.508 e. The van der Waals surface area contributed by atoms with Gasteiger partial charge in [0.05, 0.1) is 23.1 Å². The number of benzene rings is 2. The molecule has 3 rings (SSSR count). The van der Waals surface area contributed by atoms with Crippen LogP contribution in [0.5, 0.6) is 5.75 Å². The van der Waals surface area contributed by atoms with Crippen LogP contribution in [0.2, 0.25) is 0 Å². The van der Waals surface area contributed by atoms with Gasteiger partial charge in [0.1, 0.15) is 5.75 Å². The maximum atomic E-state index is 13.0. The first-order valence-corrected chi connectivity index (χ1v) is 6.43. The molecule has 2 N–H and O–H groups in total. The second-order valence-electron chi connectivity index (χ2n) is 4.87. The number of aromatic nitrogens is 2. The molecule has 3 aromatic rings. The Morgan fingerprint density at radius 1 is 1.14 bits per heavy atom. The Morgan fingerprint density at radius 2 is 1.86 bits per heavy atom. The molecule has 0 bridgehead atoms. The lowest BCUT2D eigenvalue weighted by molar-refractivity contribution is -0.138. The lowest BCUT2D eigenvalue weighted by atomic mass is 10.1.